The molecule has 7 rings (SSSR count). The lowest BCUT2D eigenvalue weighted by atomic mass is 9.84. The molecule has 0 atom stereocenters. The van der Waals surface area contributed by atoms with E-state index in [1.54, 1.807) is 0 Å². The van der Waals surface area contributed by atoms with Crippen molar-refractivity contribution in [1.29, 1.82) is 0 Å². The molecule has 0 radical (unpaired) electrons. The van der Waals surface area contributed by atoms with Gasteiger partial charge in [-0.05, 0) is 140 Å². The average molecular weight is 1340 g/mol. The highest BCUT2D eigenvalue weighted by atomic mass is 79.9. The van der Waals surface area contributed by atoms with Crippen LogP contribution in [0.3, 0.4) is 0 Å². The number of hydrogen-bond acceptors (Lipinski definition) is 6. The summed E-state index contributed by atoms with van der Waals surface area (Å²) in [6.45, 7) is 14.1. The topological polar surface area (TPSA) is 118 Å². The van der Waals surface area contributed by atoms with Gasteiger partial charge in [-0.2, -0.15) is 0 Å². The lowest BCUT2D eigenvalue weighted by Gasteiger charge is -2.26. The van der Waals surface area contributed by atoms with E-state index in [4.69, 9.17) is 0 Å². The molecule has 15 heteroatoms. The van der Waals surface area contributed by atoms with Gasteiger partial charge in [-0.1, -0.05) is 125 Å². The van der Waals surface area contributed by atoms with E-state index in [0.29, 0.717) is 0 Å². The summed E-state index contributed by atoms with van der Waals surface area (Å²) in [5.41, 5.74) is 12.3. The van der Waals surface area contributed by atoms with E-state index in [0.717, 1.165) is 122 Å². The first-order chi connectivity index (χ1) is 27.6. The molecule has 2 aliphatic heterocycles. The second-order valence-electron chi connectivity index (χ2n) is 15.8. The van der Waals surface area contributed by atoms with Gasteiger partial charge in [-0.3, -0.25) is 9.80 Å². The summed E-state index contributed by atoms with van der Waals surface area (Å²) in [4.78, 5) is 5.32. The molecule has 0 amide bonds. The number of fused-ring (bicyclic) bond motifs is 4. The third-order valence-corrected chi connectivity index (χ3v) is 11.7. The van der Waals surface area contributed by atoms with Gasteiger partial charge < -0.3 is 32.2 Å². The zero-order valence-electron chi connectivity index (χ0n) is 36.6. The van der Waals surface area contributed by atoms with Gasteiger partial charge >= 0.3 is 0 Å². The van der Waals surface area contributed by atoms with Crippen LogP contribution in [0.2, 0.25) is 0 Å². The first kappa shape index (κ1) is 65.2. The standard InChI is InChI=1S/C49H61BrN6.6BrH.2H2O/c50-48-19-17-45(18-20-48)49(46-15-3-13-43(31-46)37-55-25-5-21-51-33-39-9-1-10-40(29-39)34-52-22-6-26-55)47-16-4-14-44(32-47)38-56-27-7-23-53-35-41-11-2-12-42(30-41)36-54-24-8-28-56;;;;;;;;/h1-4,9-20,29-32,49,51-54H,5-8,21-28,33-38H2;6*1H;2*1H2. The molecule has 64 heavy (non-hydrogen) atoms. The normalized spacial score (nSPS) is 15.3. The summed E-state index contributed by atoms with van der Waals surface area (Å²) in [6.07, 6.45) is 4.55. The van der Waals surface area contributed by atoms with E-state index in [2.05, 4.69) is 168 Å². The van der Waals surface area contributed by atoms with E-state index in [-0.39, 0.29) is 119 Å². The smallest absolute Gasteiger partial charge is 0.0340 e. The molecule has 0 aliphatic carbocycles. The molecule has 4 bridgehead atoms. The zero-order chi connectivity index (χ0) is 38.2. The second kappa shape index (κ2) is 36.2. The van der Waals surface area contributed by atoms with Crippen LogP contribution in [0, 0.1) is 0 Å². The minimum absolute atomic E-state index is 0. The van der Waals surface area contributed by atoms with E-state index >= 15 is 0 Å². The number of halogens is 7. The van der Waals surface area contributed by atoms with Crippen molar-refractivity contribution in [3.05, 3.63) is 176 Å². The number of rotatable bonds is 7. The minimum atomic E-state index is 0. The first-order valence-corrected chi connectivity index (χ1v) is 21.8. The fourth-order valence-electron chi connectivity index (χ4n) is 8.37. The van der Waals surface area contributed by atoms with Gasteiger partial charge in [0.05, 0.1) is 0 Å². The van der Waals surface area contributed by atoms with Crippen LogP contribution in [-0.2, 0) is 39.3 Å². The molecule has 358 valence electrons. The van der Waals surface area contributed by atoms with Crippen LogP contribution in [0.15, 0.2) is 126 Å². The minimum Gasteiger partial charge on any atom is -0.412 e. The van der Waals surface area contributed by atoms with E-state index < -0.39 is 0 Å². The van der Waals surface area contributed by atoms with Crippen LogP contribution < -0.4 is 21.3 Å². The molecule has 0 fully saturated rings. The van der Waals surface area contributed by atoms with Gasteiger partial charge in [-0.25, -0.2) is 0 Å². The predicted octanol–water partition coefficient (Wildman–Crippen LogP) is 10.4. The van der Waals surface area contributed by atoms with Gasteiger partial charge in [0.15, 0.2) is 0 Å². The highest BCUT2D eigenvalue weighted by Crippen LogP contribution is 2.34. The highest BCUT2D eigenvalue weighted by Gasteiger charge is 2.19. The van der Waals surface area contributed by atoms with Gasteiger partial charge in [0.1, 0.15) is 0 Å². The van der Waals surface area contributed by atoms with Crippen LogP contribution in [0.1, 0.15) is 81.7 Å². The Morgan fingerprint density at radius 2 is 0.734 bits per heavy atom. The zero-order valence-corrected chi connectivity index (χ0v) is 48.4. The third-order valence-electron chi connectivity index (χ3n) is 11.2. The van der Waals surface area contributed by atoms with Crippen molar-refractivity contribution in [1.82, 2.24) is 31.1 Å². The van der Waals surface area contributed by atoms with Crippen molar-refractivity contribution in [3.8, 4) is 0 Å². The molecular weight excluding hydrogens is 1260 g/mol. The Kier molecular flexibility index (Phi) is 36.9. The number of benzene rings is 5. The largest absolute Gasteiger partial charge is 0.412 e. The van der Waals surface area contributed by atoms with Crippen LogP contribution in [0.4, 0.5) is 0 Å². The van der Waals surface area contributed by atoms with Crippen LogP contribution in [0.5, 0.6) is 0 Å². The molecule has 0 unspecified atom stereocenters. The molecule has 5 aromatic carbocycles. The van der Waals surface area contributed by atoms with Gasteiger partial charge in [0.25, 0.3) is 0 Å². The summed E-state index contributed by atoms with van der Waals surface area (Å²) < 4.78 is 1.11. The molecule has 5 aromatic rings. The summed E-state index contributed by atoms with van der Waals surface area (Å²) >= 11 is 3.70. The Bertz CT molecular complexity index is 1790. The third kappa shape index (κ3) is 21.6. The fraction of sp³-hybridized carbons (Fsp3) is 0.388. The molecule has 0 saturated heterocycles. The Hall–Kier alpha value is -0.860. The maximum atomic E-state index is 3.70. The summed E-state index contributed by atoms with van der Waals surface area (Å²) in [5, 5.41) is 14.8. The van der Waals surface area contributed by atoms with Crippen molar-refractivity contribution in [3.63, 3.8) is 0 Å². The maximum Gasteiger partial charge on any atom is 0.0340 e. The highest BCUT2D eigenvalue weighted by molar-refractivity contribution is 9.10. The Morgan fingerprint density at radius 1 is 0.406 bits per heavy atom. The quantitative estimate of drug-likeness (QED) is 0.121. The fourth-order valence-corrected chi connectivity index (χ4v) is 8.64. The summed E-state index contributed by atoms with van der Waals surface area (Å²) in [6, 6.07) is 45.8. The van der Waals surface area contributed by atoms with Crippen LogP contribution in [0.25, 0.3) is 0 Å². The first-order valence-electron chi connectivity index (χ1n) is 21.0. The van der Waals surface area contributed by atoms with Crippen LogP contribution in [-0.4, -0.2) is 73.1 Å². The molecule has 8 nitrogen and oxygen atoms in total. The second-order valence-corrected chi connectivity index (χ2v) is 16.7. The molecule has 2 aliphatic rings. The molecular formula is C49H71Br7N6O2. The monoisotopic (exact) mass is 1330 g/mol. The van der Waals surface area contributed by atoms with E-state index in [9.17, 15) is 0 Å². The summed E-state index contributed by atoms with van der Waals surface area (Å²) in [5.74, 6) is 0.150. The van der Waals surface area contributed by atoms with Gasteiger partial charge in [0.2, 0.25) is 0 Å². The number of nitrogens with one attached hydrogen (secondary N) is 4. The van der Waals surface area contributed by atoms with Crippen molar-refractivity contribution < 1.29 is 11.0 Å². The van der Waals surface area contributed by atoms with Gasteiger partial charge in [0, 0.05) is 49.7 Å². The maximum absolute atomic E-state index is 3.70. The Labute approximate surface area is 454 Å². The Morgan fingerprint density at radius 3 is 1.08 bits per heavy atom. The van der Waals surface area contributed by atoms with Crippen molar-refractivity contribution in [2.75, 3.05) is 52.4 Å². The SMILES string of the molecule is Br.Br.Br.Br.Br.Br.Brc1ccc(C(c2cccc(CN3CCCNCc4cccc(c4)CNCCC3)c2)c2cccc(CN3CCCNCc4cccc(c4)CNCCC3)c2)cc1.O.O. The predicted molar refractivity (Wildman–Crippen MR) is 306 cm³/mol. The number of hydrogen-bond donors (Lipinski definition) is 4. The molecule has 0 saturated carbocycles. The lowest BCUT2D eigenvalue weighted by Crippen LogP contribution is -2.30. The molecule has 8 N–H and O–H groups in total. The van der Waals surface area contributed by atoms with E-state index in [1.165, 1.54) is 50.1 Å². The molecule has 0 aromatic heterocycles. The molecule has 2 heterocycles. The Balaban J connectivity index is 0. The molecule has 0 spiro atoms. The van der Waals surface area contributed by atoms with Crippen molar-refractivity contribution >= 4 is 118 Å². The average Bonchev–Trinajstić information content (AvgIpc) is 3.21. The number of nitrogens with zero attached hydrogens (tertiary/aromatic N) is 2. The van der Waals surface area contributed by atoms with Crippen molar-refractivity contribution in [2.24, 2.45) is 0 Å². The van der Waals surface area contributed by atoms with Gasteiger partial charge in [-0.15, -0.1) is 102 Å². The lowest BCUT2D eigenvalue weighted by molar-refractivity contribution is 0.256. The van der Waals surface area contributed by atoms with Crippen molar-refractivity contribution in [2.45, 2.75) is 70.9 Å². The van der Waals surface area contributed by atoms with Crippen LogP contribution >= 0.6 is 118 Å². The van der Waals surface area contributed by atoms with E-state index in [1.807, 2.05) is 0 Å². The summed E-state index contributed by atoms with van der Waals surface area (Å²) in [7, 11) is 0.